The number of hydrogen-bond donors (Lipinski definition) is 1. The lowest BCUT2D eigenvalue weighted by molar-refractivity contribution is -0.428. The number of allylic oxidation sites excluding steroid dienone is 1. The molecule has 0 aliphatic heterocycles. The monoisotopic (exact) mass is 187 g/mol. The van der Waals surface area contributed by atoms with Crippen LogP contribution in [0.5, 0.6) is 0 Å². The average Bonchev–Trinajstić information content (AvgIpc) is 2.05. The largest absolute Gasteiger partial charge is 0.481 e. The van der Waals surface area contributed by atoms with Crippen LogP contribution in [0.15, 0.2) is 11.8 Å². The number of rotatable bonds is 5. The third-order valence-corrected chi connectivity index (χ3v) is 1.75. The van der Waals surface area contributed by atoms with Crippen LogP contribution >= 0.6 is 0 Å². The first-order valence-corrected chi connectivity index (χ1v) is 4.10. The Morgan fingerprint density at radius 3 is 2.38 bits per heavy atom. The van der Waals surface area contributed by atoms with Gasteiger partial charge in [0.25, 0.3) is 0 Å². The second-order valence-electron chi connectivity index (χ2n) is 2.62. The molecule has 74 valence electrons. The Morgan fingerprint density at radius 1 is 1.62 bits per heavy atom. The molecular formula is C8H13NO4. The number of carboxylic acids is 1. The molecule has 0 spiro atoms. The molecule has 0 saturated heterocycles. The zero-order chi connectivity index (χ0) is 10.4. The minimum atomic E-state index is -1.02. The van der Waals surface area contributed by atoms with Gasteiger partial charge in [0.1, 0.15) is 0 Å². The molecule has 0 aromatic carbocycles. The van der Waals surface area contributed by atoms with Crippen molar-refractivity contribution in [3.05, 3.63) is 21.9 Å². The number of carbonyl (C=O) groups is 1. The van der Waals surface area contributed by atoms with Crippen LogP contribution in [0.25, 0.3) is 0 Å². The van der Waals surface area contributed by atoms with Gasteiger partial charge in [-0.1, -0.05) is 13.8 Å². The van der Waals surface area contributed by atoms with Gasteiger partial charge in [0.15, 0.2) is 0 Å². The molecule has 5 nitrogen and oxygen atoms in total. The third-order valence-electron chi connectivity index (χ3n) is 1.75. The number of nitro groups is 1. The molecule has 1 N–H and O–H groups in total. The van der Waals surface area contributed by atoms with Gasteiger partial charge in [-0.3, -0.25) is 14.9 Å². The zero-order valence-electron chi connectivity index (χ0n) is 7.69. The van der Waals surface area contributed by atoms with Crippen molar-refractivity contribution in [2.24, 2.45) is 5.92 Å². The molecule has 1 unspecified atom stereocenters. The molecule has 0 aliphatic rings. The standard InChI is InChI=1S/C8H13NO4/c1-3-6(8(10)11)5-7(4-2)9(12)13/h5-6H,3-4H2,1-2H3,(H,10,11)/b7-5+. The Labute approximate surface area is 76.2 Å². The van der Waals surface area contributed by atoms with Gasteiger partial charge in [0, 0.05) is 12.5 Å². The van der Waals surface area contributed by atoms with Crippen LogP contribution < -0.4 is 0 Å². The van der Waals surface area contributed by atoms with Crippen molar-refractivity contribution in [1.29, 1.82) is 0 Å². The van der Waals surface area contributed by atoms with E-state index in [2.05, 4.69) is 0 Å². The van der Waals surface area contributed by atoms with Crippen molar-refractivity contribution in [2.75, 3.05) is 0 Å². The van der Waals surface area contributed by atoms with Crippen LogP contribution in [-0.2, 0) is 4.79 Å². The average molecular weight is 187 g/mol. The Balaban J connectivity index is 4.64. The van der Waals surface area contributed by atoms with Gasteiger partial charge >= 0.3 is 5.97 Å². The predicted octanol–water partition coefficient (Wildman–Crippen LogP) is 1.67. The second kappa shape index (κ2) is 5.29. The maximum Gasteiger partial charge on any atom is 0.310 e. The van der Waals surface area contributed by atoms with E-state index in [0.29, 0.717) is 6.42 Å². The van der Waals surface area contributed by atoms with E-state index in [1.54, 1.807) is 13.8 Å². The van der Waals surface area contributed by atoms with Crippen molar-refractivity contribution >= 4 is 5.97 Å². The van der Waals surface area contributed by atoms with Crippen molar-refractivity contribution in [1.82, 2.24) is 0 Å². The second-order valence-corrected chi connectivity index (χ2v) is 2.62. The van der Waals surface area contributed by atoms with E-state index in [1.165, 1.54) is 6.08 Å². The SMILES string of the molecule is CC/C(=C\C(CC)C(=O)O)[N+](=O)[O-]. The molecule has 1 atom stereocenters. The normalized spacial score (nSPS) is 13.8. The van der Waals surface area contributed by atoms with Crippen LogP contribution in [-0.4, -0.2) is 16.0 Å². The van der Waals surface area contributed by atoms with E-state index in [1.807, 2.05) is 0 Å². The minimum absolute atomic E-state index is 0.0331. The molecule has 0 rings (SSSR count). The summed E-state index contributed by atoms with van der Waals surface area (Å²) in [5.41, 5.74) is -0.0331. The fourth-order valence-corrected chi connectivity index (χ4v) is 0.904. The Morgan fingerprint density at radius 2 is 2.15 bits per heavy atom. The van der Waals surface area contributed by atoms with Crippen LogP contribution in [0.4, 0.5) is 0 Å². The number of aliphatic carboxylic acids is 1. The highest BCUT2D eigenvalue weighted by Gasteiger charge is 2.17. The third kappa shape index (κ3) is 3.68. The fraction of sp³-hybridized carbons (Fsp3) is 0.625. The molecule has 0 heterocycles. The van der Waals surface area contributed by atoms with Crippen molar-refractivity contribution in [2.45, 2.75) is 26.7 Å². The molecule has 0 fully saturated rings. The van der Waals surface area contributed by atoms with Gasteiger partial charge in [-0.2, -0.15) is 0 Å². The Hall–Kier alpha value is -1.39. The maximum atomic E-state index is 10.5. The molecule has 0 aromatic heterocycles. The highest BCUT2D eigenvalue weighted by molar-refractivity contribution is 5.72. The summed E-state index contributed by atoms with van der Waals surface area (Å²) in [6.45, 7) is 3.31. The van der Waals surface area contributed by atoms with E-state index in [0.717, 1.165) is 0 Å². The summed E-state index contributed by atoms with van der Waals surface area (Å²) in [6.07, 6.45) is 1.83. The number of hydrogen-bond acceptors (Lipinski definition) is 3. The molecule has 0 aromatic rings. The first-order chi connectivity index (χ1) is 6.02. The molecular weight excluding hydrogens is 174 g/mol. The molecule has 0 amide bonds. The van der Waals surface area contributed by atoms with Gasteiger partial charge in [-0.05, 0) is 6.42 Å². The summed E-state index contributed by atoms with van der Waals surface area (Å²) >= 11 is 0. The van der Waals surface area contributed by atoms with Crippen LogP contribution in [0.2, 0.25) is 0 Å². The van der Waals surface area contributed by atoms with E-state index in [-0.39, 0.29) is 12.1 Å². The van der Waals surface area contributed by atoms with Crippen molar-refractivity contribution in [3.8, 4) is 0 Å². The van der Waals surface area contributed by atoms with Crippen LogP contribution in [0.3, 0.4) is 0 Å². The maximum absolute atomic E-state index is 10.5. The molecule has 0 bridgehead atoms. The van der Waals surface area contributed by atoms with Crippen LogP contribution in [0.1, 0.15) is 26.7 Å². The molecule has 0 radical (unpaired) electrons. The summed E-state index contributed by atoms with van der Waals surface area (Å²) in [6, 6.07) is 0. The van der Waals surface area contributed by atoms with Gasteiger partial charge < -0.3 is 5.11 Å². The summed E-state index contributed by atoms with van der Waals surface area (Å²) in [4.78, 5) is 20.4. The number of carboxylic acid groups (broad SMARTS) is 1. The zero-order valence-corrected chi connectivity index (χ0v) is 7.69. The van der Waals surface area contributed by atoms with Gasteiger partial charge in [-0.25, -0.2) is 0 Å². The summed E-state index contributed by atoms with van der Waals surface area (Å²) in [7, 11) is 0. The number of nitrogens with zero attached hydrogens (tertiary/aromatic N) is 1. The summed E-state index contributed by atoms with van der Waals surface area (Å²) < 4.78 is 0. The Bertz CT molecular complexity index is 234. The first kappa shape index (κ1) is 11.6. The van der Waals surface area contributed by atoms with Crippen molar-refractivity contribution < 1.29 is 14.8 Å². The topological polar surface area (TPSA) is 80.4 Å². The molecule has 0 saturated carbocycles. The molecule has 5 heteroatoms. The van der Waals surface area contributed by atoms with E-state index in [4.69, 9.17) is 5.11 Å². The predicted molar refractivity (Wildman–Crippen MR) is 46.8 cm³/mol. The lowest BCUT2D eigenvalue weighted by atomic mass is 10.1. The molecule has 0 aliphatic carbocycles. The first-order valence-electron chi connectivity index (χ1n) is 4.10. The molecule has 13 heavy (non-hydrogen) atoms. The fourth-order valence-electron chi connectivity index (χ4n) is 0.904. The summed E-state index contributed by atoms with van der Waals surface area (Å²) in [5, 5.41) is 19.0. The lowest BCUT2D eigenvalue weighted by Crippen LogP contribution is -2.12. The van der Waals surface area contributed by atoms with Gasteiger partial charge in [0.05, 0.1) is 10.8 Å². The highest BCUT2D eigenvalue weighted by Crippen LogP contribution is 2.11. The van der Waals surface area contributed by atoms with E-state index >= 15 is 0 Å². The van der Waals surface area contributed by atoms with Gasteiger partial charge in [0.2, 0.25) is 5.70 Å². The smallest absolute Gasteiger partial charge is 0.310 e. The minimum Gasteiger partial charge on any atom is -0.481 e. The van der Waals surface area contributed by atoms with E-state index in [9.17, 15) is 14.9 Å². The Kier molecular flexibility index (Phi) is 4.72. The lowest BCUT2D eigenvalue weighted by Gasteiger charge is -2.02. The summed E-state index contributed by atoms with van der Waals surface area (Å²) in [5.74, 6) is -1.77. The van der Waals surface area contributed by atoms with E-state index < -0.39 is 16.8 Å². The van der Waals surface area contributed by atoms with Crippen molar-refractivity contribution in [3.63, 3.8) is 0 Å². The highest BCUT2D eigenvalue weighted by atomic mass is 16.6. The van der Waals surface area contributed by atoms with Gasteiger partial charge in [-0.15, -0.1) is 0 Å². The quantitative estimate of drug-likeness (QED) is 0.524. The van der Waals surface area contributed by atoms with Crippen LogP contribution in [0, 0.1) is 16.0 Å².